The molecule has 104 valence electrons. The van der Waals surface area contributed by atoms with Crippen molar-refractivity contribution in [1.82, 2.24) is 5.32 Å². The van der Waals surface area contributed by atoms with Gasteiger partial charge in [0, 0.05) is 12.5 Å². The lowest BCUT2D eigenvalue weighted by Crippen LogP contribution is -2.45. The molecule has 1 amide bonds. The van der Waals surface area contributed by atoms with Crippen molar-refractivity contribution in [3.05, 3.63) is 35.9 Å². The molecule has 1 aromatic carbocycles. The van der Waals surface area contributed by atoms with Crippen molar-refractivity contribution < 1.29 is 9.90 Å². The minimum Gasteiger partial charge on any atom is -0.391 e. The molecule has 4 nitrogen and oxygen atoms in total. The van der Waals surface area contributed by atoms with Gasteiger partial charge in [0.25, 0.3) is 0 Å². The molecule has 19 heavy (non-hydrogen) atoms. The van der Waals surface area contributed by atoms with Gasteiger partial charge in [0.15, 0.2) is 0 Å². The topological polar surface area (TPSA) is 75.4 Å². The van der Waals surface area contributed by atoms with Crippen LogP contribution >= 0.6 is 0 Å². The number of rotatable bonds is 4. The summed E-state index contributed by atoms with van der Waals surface area (Å²) < 4.78 is 0. The molecule has 0 bridgehead atoms. The third kappa shape index (κ3) is 4.04. The Labute approximate surface area is 114 Å². The molecule has 0 heterocycles. The molecular formula is C15H22N2O2. The Hall–Kier alpha value is -1.39. The van der Waals surface area contributed by atoms with Crippen LogP contribution in [0.4, 0.5) is 0 Å². The van der Waals surface area contributed by atoms with Crippen LogP contribution in [0.5, 0.6) is 0 Å². The highest BCUT2D eigenvalue weighted by Crippen LogP contribution is 2.19. The number of aliphatic hydroxyl groups excluding tert-OH is 1. The van der Waals surface area contributed by atoms with Gasteiger partial charge in [0.2, 0.25) is 5.91 Å². The molecule has 4 N–H and O–H groups in total. The second-order valence-electron chi connectivity index (χ2n) is 5.25. The van der Waals surface area contributed by atoms with Crippen LogP contribution < -0.4 is 11.1 Å². The zero-order valence-electron chi connectivity index (χ0n) is 11.1. The van der Waals surface area contributed by atoms with E-state index in [0.717, 1.165) is 31.2 Å². The van der Waals surface area contributed by atoms with Crippen LogP contribution in [0, 0.1) is 0 Å². The van der Waals surface area contributed by atoms with Crippen molar-refractivity contribution in [3.63, 3.8) is 0 Å². The summed E-state index contributed by atoms with van der Waals surface area (Å²) in [5, 5.41) is 12.7. The summed E-state index contributed by atoms with van der Waals surface area (Å²) >= 11 is 0. The number of benzene rings is 1. The van der Waals surface area contributed by atoms with Gasteiger partial charge in [-0.1, -0.05) is 43.2 Å². The molecule has 1 saturated carbocycles. The van der Waals surface area contributed by atoms with Crippen LogP contribution in [0.25, 0.3) is 0 Å². The lowest BCUT2D eigenvalue weighted by molar-refractivity contribution is -0.123. The van der Waals surface area contributed by atoms with Crippen molar-refractivity contribution in [2.45, 2.75) is 50.3 Å². The van der Waals surface area contributed by atoms with Gasteiger partial charge < -0.3 is 16.2 Å². The first-order chi connectivity index (χ1) is 9.16. The van der Waals surface area contributed by atoms with Gasteiger partial charge in [-0.05, 0) is 18.4 Å². The largest absolute Gasteiger partial charge is 0.391 e. The third-order valence-corrected chi connectivity index (χ3v) is 3.71. The van der Waals surface area contributed by atoms with Crippen LogP contribution in [-0.2, 0) is 4.79 Å². The van der Waals surface area contributed by atoms with E-state index in [1.54, 1.807) is 0 Å². The van der Waals surface area contributed by atoms with Crippen molar-refractivity contribution >= 4 is 5.91 Å². The highest BCUT2D eigenvalue weighted by molar-refractivity contribution is 5.77. The van der Waals surface area contributed by atoms with E-state index in [-0.39, 0.29) is 24.4 Å². The quantitative estimate of drug-likeness (QED) is 0.769. The monoisotopic (exact) mass is 262 g/mol. The summed E-state index contributed by atoms with van der Waals surface area (Å²) in [4.78, 5) is 11.9. The van der Waals surface area contributed by atoms with Crippen molar-refractivity contribution in [2.75, 3.05) is 0 Å². The Bertz CT molecular complexity index is 408. The molecule has 1 fully saturated rings. The summed E-state index contributed by atoms with van der Waals surface area (Å²) in [6.45, 7) is 0. The molecule has 1 unspecified atom stereocenters. The van der Waals surface area contributed by atoms with Crippen LogP contribution in [0.1, 0.15) is 43.7 Å². The summed E-state index contributed by atoms with van der Waals surface area (Å²) in [5.74, 6) is -0.0812. The summed E-state index contributed by atoms with van der Waals surface area (Å²) in [6.07, 6.45) is 3.57. The van der Waals surface area contributed by atoms with Crippen LogP contribution in [0.3, 0.4) is 0 Å². The van der Waals surface area contributed by atoms with Gasteiger partial charge >= 0.3 is 0 Å². The predicted octanol–water partition coefficient (Wildman–Crippen LogP) is 1.50. The fraction of sp³-hybridized carbons (Fsp3) is 0.533. The molecular weight excluding hydrogens is 240 g/mol. The maximum atomic E-state index is 11.9. The van der Waals surface area contributed by atoms with Gasteiger partial charge in [-0.2, -0.15) is 0 Å². The Kier molecular flexibility index (Phi) is 4.93. The first-order valence-electron chi connectivity index (χ1n) is 6.95. The summed E-state index contributed by atoms with van der Waals surface area (Å²) in [5.41, 5.74) is 6.97. The van der Waals surface area contributed by atoms with Crippen LogP contribution in [0.2, 0.25) is 0 Å². The Balaban J connectivity index is 1.84. The number of carbonyl (C=O) groups excluding carboxylic acids is 1. The molecule has 2 rings (SSSR count). The van der Waals surface area contributed by atoms with Gasteiger partial charge in [-0.25, -0.2) is 0 Å². The molecule has 0 aliphatic heterocycles. The number of amides is 1. The lowest BCUT2D eigenvalue weighted by Gasteiger charge is -2.28. The van der Waals surface area contributed by atoms with E-state index >= 15 is 0 Å². The number of hydrogen-bond acceptors (Lipinski definition) is 3. The lowest BCUT2D eigenvalue weighted by atomic mass is 9.92. The first kappa shape index (κ1) is 14.0. The van der Waals surface area contributed by atoms with Gasteiger partial charge in [-0.15, -0.1) is 0 Å². The summed E-state index contributed by atoms with van der Waals surface area (Å²) in [6, 6.07) is 9.21. The van der Waals surface area contributed by atoms with Crippen molar-refractivity contribution in [1.29, 1.82) is 0 Å². The Morgan fingerprint density at radius 2 is 2.00 bits per heavy atom. The minimum absolute atomic E-state index is 0.0812. The van der Waals surface area contributed by atoms with Gasteiger partial charge in [-0.3, -0.25) is 4.79 Å². The smallest absolute Gasteiger partial charge is 0.222 e. The number of nitrogens with two attached hydrogens (primary N) is 1. The molecule has 0 aromatic heterocycles. The van der Waals surface area contributed by atoms with E-state index in [0.29, 0.717) is 0 Å². The molecule has 1 aliphatic rings. The molecule has 1 aliphatic carbocycles. The first-order valence-corrected chi connectivity index (χ1v) is 6.95. The van der Waals surface area contributed by atoms with Gasteiger partial charge in [0.05, 0.1) is 12.1 Å². The summed E-state index contributed by atoms with van der Waals surface area (Å²) in [7, 11) is 0. The number of hydrogen-bond donors (Lipinski definition) is 3. The number of nitrogens with one attached hydrogen (secondary N) is 1. The maximum Gasteiger partial charge on any atom is 0.222 e. The highest BCUT2D eigenvalue weighted by atomic mass is 16.3. The fourth-order valence-corrected chi connectivity index (χ4v) is 2.56. The minimum atomic E-state index is -0.411. The fourth-order valence-electron chi connectivity index (χ4n) is 2.56. The number of aliphatic hydroxyl groups is 1. The second kappa shape index (κ2) is 6.68. The molecule has 0 saturated heterocycles. The molecule has 0 spiro atoms. The molecule has 0 radical (unpaired) electrons. The highest BCUT2D eigenvalue weighted by Gasteiger charge is 2.25. The van der Waals surface area contributed by atoms with E-state index in [1.165, 1.54) is 0 Å². The van der Waals surface area contributed by atoms with Crippen LogP contribution in [-0.4, -0.2) is 23.2 Å². The second-order valence-corrected chi connectivity index (χ2v) is 5.25. The standard InChI is InChI=1S/C15H22N2O2/c16-12(11-6-2-1-3-7-11)10-15(19)17-13-8-4-5-9-14(13)18/h1-3,6-7,12-14,18H,4-5,8-10,16H2,(H,17,19)/t12?,13-,14-/m1/s1. The van der Waals surface area contributed by atoms with Gasteiger partial charge in [0.1, 0.15) is 0 Å². The zero-order chi connectivity index (χ0) is 13.7. The maximum absolute atomic E-state index is 11.9. The molecule has 4 heteroatoms. The van der Waals surface area contributed by atoms with E-state index in [4.69, 9.17) is 5.73 Å². The SMILES string of the molecule is NC(CC(=O)N[C@@H]1CCCC[C@H]1O)c1ccccc1. The average molecular weight is 262 g/mol. The Morgan fingerprint density at radius 3 is 2.68 bits per heavy atom. The number of carbonyl (C=O) groups is 1. The van der Waals surface area contributed by atoms with E-state index in [9.17, 15) is 9.90 Å². The molecule has 1 aromatic rings. The Morgan fingerprint density at radius 1 is 1.32 bits per heavy atom. The van der Waals surface area contributed by atoms with E-state index < -0.39 is 6.10 Å². The average Bonchev–Trinajstić information content (AvgIpc) is 2.42. The van der Waals surface area contributed by atoms with Crippen molar-refractivity contribution in [3.8, 4) is 0 Å². The normalized spacial score (nSPS) is 24.7. The predicted molar refractivity (Wildman–Crippen MR) is 74.4 cm³/mol. The third-order valence-electron chi connectivity index (χ3n) is 3.71. The van der Waals surface area contributed by atoms with Crippen LogP contribution in [0.15, 0.2) is 30.3 Å². The van der Waals surface area contributed by atoms with E-state index in [2.05, 4.69) is 5.32 Å². The van der Waals surface area contributed by atoms with Crippen molar-refractivity contribution in [2.24, 2.45) is 5.73 Å². The zero-order valence-corrected chi connectivity index (χ0v) is 11.1. The van der Waals surface area contributed by atoms with E-state index in [1.807, 2.05) is 30.3 Å². The molecule has 3 atom stereocenters.